The van der Waals surface area contributed by atoms with Crippen molar-refractivity contribution in [2.75, 3.05) is 12.3 Å². The van der Waals surface area contributed by atoms with E-state index in [0.717, 1.165) is 12.8 Å². The smallest absolute Gasteiger partial charge is 0.251 e. The Balaban J connectivity index is 2.08. The van der Waals surface area contributed by atoms with Gasteiger partial charge in [0.15, 0.2) is 0 Å². The standard InChI is InChI=1S/C13H17FN2O/c1-8-10(14)5-9(6-11(8)15)12(17)16-7-13(2)3-4-13/h5-6H,3-4,7,15H2,1-2H3,(H,16,17). The molecule has 0 bridgehead atoms. The quantitative estimate of drug-likeness (QED) is 0.791. The molecular weight excluding hydrogens is 219 g/mol. The molecule has 0 spiro atoms. The summed E-state index contributed by atoms with van der Waals surface area (Å²) in [5, 5.41) is 2.81. The predicted molar refractivity (Wildman–Crippen MR) is 65.2 cm³/mol. The van der Waals surface area contributed by atoms with Gasteiger partial charge in [0.2, 0.25) is 0 Å². The van der Waals surface area contributed by atoms with Crippen molar-refractivity contribution in [1.29, 1.82) is 0 Å². The van der Waals surface area contributed by atoms with Crippen LogP contribution in [-0.2, 0) is 0 Å². The number of benzene rings is 1. The second kappa shape index (κ2) is 4.02. The summed E-state index contributed by atoms with van der Waals surface area (Å²) in [4.78, 5) is 11.8. The summed E-state index contributed by atoms with van der Waals surface area (Å²) in [6.45, 7) is 4.36. The normalized spacial score (nSPS) is 16.6. The van der Waals surface area contributed by atoms with E-state index in [-0.39, 0.29) is 16.9 Å². The van der Waals surface area contributed by atoms with Crippen LogP contribution in [0, 0.1) is 18.2 Å². The van der Waals surface area contributed by atoms with E-state index in [2.05, 4.69) is 12.2 Å². The summed E-state index contributed by atoms with van der Waals surface area (Å²) < 4.78 is 13.4. The van der Waals surface area contributed by atoms with E-state index in [4.69, 9.17) is 5.73 Å². The molecule has 17 heavy (non-hydrogen) atoms. The third-order valence-corrected chi connectivity index (χ3v) is 3.43. The Bertz CT molecular complexity index is 443. The van der Waals surface area contributed by atoms with E-state index >= 15 is 0 Å². The van der Waals surface area contributed by atoms with Crippen LogP contribution >= 0.6 is 0 Å². The summed E-state index contributed by atoms with van der Waals surface area (Å²) in [5.41, 5.74) is 6.86. The van der Waals surface area contributed by atoms with Crippen molar-refractivity contribution >= 4 is 11.6 Å². The molecule has 4 heteroatoms. The summed E-state index contributed by atoms with van der Waals surface area (Å²) >= 11 is 0. The van der Waals surface area contributed by atoms with Crippen LogP contribution in [0.4, 0.5) is 10.1 Å². The van der Waals surface area contributed by atoms with Gasteiger partial charge in [-0.25, -0.2) is 4.39 Å². The van der Waals surface area contributed by atoms with Gasteiger partial charge in [-0.1, -0.05) is 6.92 Å². The highest BCUT2D eigenvalue weighted by Gasteiger charge is 2.37. The molecule has 3 nitrogen and oxygen atoms in total. The second-order valence-corrected chi connectivity index (χ2v) is 5.17. The first kappa shape index (κ1) is 11.9. The zero-order chi connectivity index (χ0) is 12.6. The molecule has 2 rings (SSSR count). The maximum absolute atomic E-state index is 13.4. The molecule has 1 aromatic rings. The Morgan fingerprint density at radius 3 is 2.71 bits per heavy atom. The predicted octanol–water partition coefficient (Wildman–Crippen LogP) is 2.25. The van der Waals surface area contributed by atoms with Crippen LogP contribution in [0.15, 0.2) is 12.1 Å². The number of carbonyl (C=O) groups excluding carboxylic acids is 1. The lowest BCUT2D eigenvalue weighted by Crippen LogP contribution is -2.29. The maximum atomic E-state index is 13.4. The van der Waals surface area contributed by atoms with Gasteiger partial charge in [0.1, 0.15) is 5.82 Å². The first-order valence-electron chi connectivity index (χ1n) is 5.75. The number of hydrogen-bond acceptors (Lipinski definition) is 2. The molecule has 0 aromatic heterocycles. The van der Waals surface area contributed by atoms with E-state index in [9.17, 15) is 9.18 Å². The number of nitrogens with two attached hydrogens (primary N) is 1. The van der Waals surface area contributed by atoms with Crippen LogP contribution in [0.5, 0.6) is 0 Å². The molecule has 1 saturated carbocycles. The Morgan fingerprint density at radius 2 is 2.18 bits per heavy atom. The van der Waals surface area contributed by atoms with Crippen molar-refractivity contribution < 1.29 is 9.18 Å². The molecule has 1 fully saturated rings. The number of rotatable bonds is 3. The molecule has 1 amide bonds. The highest BCUT2D eigenvalue weighted by molar-refractivity contribution is 5.95. The molecule has 0 heterocycles. The van der Waals surface area contributed by atoms with Gasteiger partial charge in [0.25, 0.3) is 5.91 Å². The van der Waals surface area contributed by atoms with Crippen molar-refractivity contribution in [3.63, 3.8) is 0 Å². The molecule has 92 valence electrons. The van der Waals surface area contributed by atoms with Crippen molar-refractivity contribution in [2.45, 2.75) is 26.7 Å². The fourth-order valence-electron chi connectivity index (χ4n) is 1.62. The van der Waals surface area contributed by atoms with Crippen LogP contribution in [0.3, 0.4) is 0 Å². The van der Waals surface area contributed by atoms with Gasteiger partial charge in [-0.2, -0.15) is 0 Å². The molecular formula is C13H17FN2O. The highest BCUT2D eigenvalue weighted by atomic mass is 19.1. The summed E-state index contributed by atoms with van der Waals surface area (Å²) in [6, 6.07) is 2.75. The number of carbonyl (C=O) groups is 1. The summed E-state index contributed by atoms with van der Waals surface area (Å²) in [7, 11) is 0. The van der Waals surface area contributed by atoms with Crippen molar-refractivity contribution in [1.82, 2.24) is 5.32 Å². The SMILES string of the molecule is Cc1c(N)cc(C(=O)NCC2(C)CC2)cc1F. The second-order valence-electron chi connectivity index (χ2n) is 5.17. The van der Waals surface area contributed by atoms with Crippen LogP contribution in [0.25, 0.3) is 0 Å². The average molecular weight is 236 g/mol. The van der Waals surface area contributed by atoms with E-state index in [1.54, 1.807) is 6.92 Å². The van der Waals surface area contributed by atoms with Gasteiger partial charge in [-0.05, 0) is 37.3 Å². The molecule has 1 aromatic carbocycles. The number of amides is 1. The third-order valence-electron chi connectivity index (χ3n) is 3.43. The minimum atomic E-state index is -0.437. The average Bonchev–Trinajstić information content (AvgIpc) is 3.01. The van der Waals surface area contributed by atoms with Crippen molar-refractivity contribution in [3.8, 4) is 0 Å². The summed E-state index contributed by atoms with van der Waals surface area (Å²) in [6.07, 6.45) is 2.27. The lowest BCUT2D eigenvalue weighted by atomic mass is 10.1. The minimum Gasteiger partial charge on any atom is -0.398 e. The fraction of sp³-hybridized carbons (Fsp3) is 0.462. The first-order chi connectivity index (χ1) is 7.91. The largest absolute Gasteiger partial charge is 0.398 e. The van der Waals surface area contributed by atoms with Gasteiger partial charge in [-0.15, -0.1) is 0 Å². The zero-order valence-corrected chi connectivity index (χ0v) is 10.1. The number of nitrogen functional groups attached to an aromatic ring is 1. The van der Waals surface area contributed by atoms with E-state index in [1.807, 2.05) is 0 Å². The Hall–Kier alpha value is -1.58. The topological polar surface area (TPSA) is 55.1 Å². The molecule has 1 aliphatic rings. The maximum Gasteiger partial charge on any atom is 0.251 e. The summed E-state index contributed by atoms with van der Waals surface area (Å²) in [5.74, 6) is -0.698. The molecule has 1 aliphatic carbocycles. The first-order valence-corrected chi connectivity index (χ1v) is 5.75. The lowest BCUT2D eigenvalue weighted by Gasteiger charge is -2.11. The van der Waals surface area contributed by atoms with E-state index in [0.29, 0.717) is 17.8 Å². The lowest BCUT2D eigenvalue weighted by molar-refractivity contribution is 0.0945. The van der Waals surface area contributed by atoms with E-state index < -0.39 is 5.82 Å². The Morgan fingerprint density at radius 1 is 1.53 bits per heavy atom. The van der Waals surface area contributed by atoms with Gasteiger partial charge in [0, 0.05) is 23.4 Å². The van der Waals surface area contributed by atoms with Gasteiger partial charge >= 0.3 is 0 Å². The molecule has 0 radical (unpaired) electrons. The molecule has 0 unspecified atom stereocenters. The van der Waals surface area contributed by atoms with Crippen LogP contribution in [-0.4, -0.2) is 12.5 Å². The van der Waals surface area contributed by atoms with Crippen LogP contribution < -0.4 is 11.1 Å². The van der Waals surface area contributed by atoms with Crippen LogP contribution in [0.2, 0.25) is 0 Å². The zero-order valence-electron chi connectivity index (χ0n) is 10.1. The molecule has 3 N–H and O–H groups in total. The third kappa shape index (κ3) is 2.57. The van der Waals surface area contributed by atoms with Crippen molar-refractivity contribution in [2.24, 2.45) is 5.41 Å². The van der Waals surface area contributed by atoms with Crippen molar-refractivity contribution in [3.05, 3.63) is 29.1 Å². The van der Waals surface area contributed by atoms with Gasteiger partial charge in [0.05, 0.1) is 0 Å². The Labute approximate surface area is 100 Å². The number of halogens is 1. The Kier molecular flexibility index (Phi) is 2.81. The molecule has 0 aliphatic heterocycles. The van der Waals surface area contributed by atoms with Gasteiger partial charge < -0.3 is 11.1 Å². The number of hydrogen-bond donors (Lipinski definition) is 2. The van der Waals surface area contributed by atoms with Gasteiger partial charge in [-0.3, -0.25) is 4.79 Å². The fourth-order valence-corrected chi connectivity index (χ4v) is 1.62. The molecule has 0 atom stereocenters. The van der Waals surface area contributed by atoms with Crippen LogP contribution in [0.1, 0.15) is 35.7 Å². The highest BCUT2D eigenvalue weighted by Crippen LogP contribution is 2.44. The minimum absolute atomic E-state index is 0.241. The monoisotopic (exact) mass is 236 g/mol. The number of nitrogens with one attached hydrogen (secondary N) is 1. The molecule has 0 saturated heterocycles. The van der Waals surface area contributed by atoms with E-state index in [1.165, 1.54) is 12.1 Å². The number of anilines is 1.